The largest absolute Gasteiger partial charge is 0.319 e. The van der Waals surface area contributed by atoms with Gasteiger partial charge in [0.15, 0.2) is 0 Å². The van der Waals surface area contributed by atoms with Gasteiger partial charge in [-0.25, -0.2) is 4.39 Å². The van der Waals surface area contributed by atoms with Gasteiger partial charge in [0.05, 0.1) is 0 Å². The Morgan fingerprint density at radius 2 is 2.10 bits per heavy atom. The Labute approximate surface area is 126 Å². The quantitative estimate of drug-likeness (QED) is 0.850. The maximum absolute atomic E-state index is 14.0. The SMILES string of the molecule is CNCC1CCC(C)(C)CC1Cc1ccc(Cl)cc1F. The van der Waals surface area contributed by atoms with Crippen LogP contribution in [0.5, 0.6) is 0 Å². The first-order valence-corrected chi connectivity index (χ1v) is 7.87. The Balaban J connectivity index is 2.14. The van der Waals surface area contributed by atoms with Crippen molar-refractivity contribution in [1.29, 1.82) is 0 Å². The molecule has 1 aromatic rings. The smallest absolute Gasteiger partial charge is 0.127 e. The van der Waals surface area contributed by atoms with Crippen LogP contribution in [0.1, 0.15) is 38.7 Å². The van der Waals surface area contributed by atoms with Crippen LogP contribution in [0.25, 0.3) is 0 Å². The van der Waals surface area contributed by atoms with Crippen molar-refractivity contribution in [3.8, 4) is 0 Å². The molecular weight excluding hydrogens is 273 g/mol. The van der Waals surface area contributed by atoms with E-state index < -0.39 is 0 Å². The zero-order chi connectivity index (χ0) is 14.8. The summed E-state index contributed by atoms with van der Waals surface area (Å²) in [5.41, 5.74) is 1.18. The van der Waals surface area contributed by atoms with Gasteiger partial charge in [0.2, 0.25) is 0 Å². The molecule has 0 bridgehead atoms. The van der Waals surface area contributed by atoms with Crippen LogP contribution in [-0.4, -0.2) is 13.6 Å². The molecule has 1 saturated carbocycles. The lowest BCUT2D eigenvalue weighted by Gasteiger charge is -2.41. The fourth-order valence-corrected chi connectivity index (χ4v) is 3.69. The Bertz CT molecular complexity index is 458. The Kier molecular flexibility index (Phi) is 5.09. The second-order valence-corrected chi connectivity index (χ2v) is 7.36. The molecule has 2 atom stereocenters. The van der Waals surface area contributed by atoms with Gasteiger partial charge in [-0.15, -0.1) is 0 Å². The first kappa shape index (κ1) is 15.8. The molecule has 1 nitrogen and oxygen atoms in total. The molecule has 0 radical (unpaired) electrons. The molecule has 1 aromatic carbocycles. The zero-order valence-corrected chi connectivity index (χ0v) is 13.4. The number of nitrogens with one attached hydrogen (secondary N) is 1. The second kappa shape index (κ2) is 6.44. The summed E-state index contributed by atoms with van der Waals surface area (Å²) >= 11 is 5.83. The van der Waals surface area contributed by atoms with Crippen molar-refractivity contribution in [2.24, 2.45) is 17.3 Å². The van der Waals surface area contributed by atoms with Crippen LogP contribution in [0.2, 0.25) is 5.02 Å². The fraction of sp³-hybridized carbons (Fsp3) is 0.647. The molecule has 0 heterocycles. The molecule has 1 aliphatic carbocycles. The van der Waals surface area contributed by atoms with E-state index in [1.54, 1.807) is 6.07 Å². The lowest BCUT2D eigenvalue weighted by atomic mass is 9.65. The maximum atomic E-state index is 14.0. The summed E-state index contributed by atoms with van der Waals surface area (Å²) in [7, 11) is 2.00. The van der Waals surface area contributed by atoms with Crippen LogP contribution in [0, 0.1) is 23.1 Å². The lowest BCUT2D eigenvalue weighted by Crippen LogP contribution is -2.36. The summed E-state index contributed by atoms with van der Waals surface area (Å²) < 4.78 is 14.0. The summed E-state index contributed by atoms with van der Waals surface area (Å²) in [6.07, 6.45) is 4.48. The van der Waals surface area contributed by atoms with Gasteiger partial charge in [-0.2, -0.15) is 0 Å². The Hall–Kier alpha value is -0.600. The van der Waals surface area contributed by atoms with E-state index in [4.69, 9.17) is 11.6 Å². The normalized spacial score (nSPS) is 25.6. The molecule has 0 spiro atoms. The molecule has 2 unspecified atom stereocenters. The van der Waals surface area contributed by atoms with Crippen LogP contribution in [0.15, 0.2) is 18.2 Å². The number of hydrogen-bond acceptors (Lipinski definition) is 1. The van der Waals surface area contributed by atoms with E-state index >= 15 is 0 Å². The van der Waals surface area contributed by atoms with Crippen molar-refractivity contribution < 1.29 is 4.39 Å². The summed E-state index contributed by atoms with van der Waals surface area (Å²) in [6.45, 7) is 5.68. The van der Waals surface area contributed by atoms with Crippen LogP contribution in [-0.2, 0) is 6.42 Å². The summed E-state index contributed by atoms with van der Waals surface area (Å²) in [4.78, 5) is 0. The molecule has 0 saturated heterocycles. The Morgan fingerprint density at radius 1 is 1.35 bits per heavy atom. The molecule has 20 heavy (non-hydrogen) atoms. The van der Waals surface area contributed by atoms with E-state index in [9.17, 15) is 4.39 Å². The molecule has 112 valence electrons. The number of rotatable bonds is 4. The maximum Gasteiger partial charge on any atom is 0.127 e. The first-order valence-electron chi connectivity index (χ1n) is 7.50. The second-order valence-electron chi connectivity index (χ2n) is 6.92. The number of hydrogen-bond donors (Lipinski definition) is 1. The van der Waals surface area contributed by atoms with Crippen LogP contribution in [0.3, 0.4) is 0 Å². The van der Waals surface area contributed by atoms with E-state index in [1.165, 1.54) is 25.3 Å². The van der Waals surface area contributed by atoms with E-state index in [2.05, 4.69) is 19.2 Å². The molecule has 0 amide bonds. The number of benzene rings is 1. The van der Waals surface area contributed by atoms with Crippen molar-refractivity contribution in [3.05, 3.63) is 34.6 Å². The molecule has 3 heteroatoms. The van der Waals surface area contributed by atoms with Gasteiger partial charge in [0.1, 0.15) is 5.82 Å². The topological polar surface area (TPSA) is 12.0 Å². The number of halogens is 2. The zero-order valence-electron chi connectivity index (χ0n) is 12.7. The van der Waals surface area contributed by atoms with Gasteiger partial charge >= 0.3 is 0 Å². The molecule has 2 rings (SSSR count). The molecule has 0 aromatic heterocycles. The summed E-state index contributed by atoms with van der Waals surface area (Å²) in [6, 6.07) is 5.06. The van der Waals surface area contributed by atoms with Crippen LogP contribution < -0.4 is 5.32 Å². The molecule has 1 N–H and O–H groups in total. The minimum absolute atomic E-state index is 0.163. The lowest BCUT2D eigenvalue weighted by molar-refractivity contribution is 0.116. The van der Waals surface area contributed by atoms with E-state index in [1.807, 2.05) is 13.1 Å². The van der Waals surface area contributed by atoms with Crippen LogP contribution in [0.4, 0.5) is 4.39 Å². The third kappa shape index (κ3) is 3.95. The molecular formula is C17H25ClFN. The van der Waals surface area contributed by atoms with Crippen molar-refractivity contribution >= 4 is 11.6 Å². The van der Waals surface area contributed by atoms with Crippen molar-refractivity contribution in [1.82, 2.24) is 5.32 Å². The van der Waals surface area contributed by atoms with Gasteiger partial charge < -0.3 is 5.32 Å². The minimum Gasteiger partial charge on any atom is -0.319 e. The van der Waals surface area contributed by atoms with Gasteiger partial charge in [-0.3, -0.25) is 0 Å². The third-order valence-electron chi connectivity index (χ3n) is 4.64. The van der Waals surface area contributed by atoms with Crippen LogP contribution >= 0.6 is 11.6 Å². The Morgan fingerprint density at radius 3 is 2.75 bits per heavy atom. The predicted molar refractivity (Wildman–Crippen MR) is 83.7 cm³/mol. The minimum atomic E-state index is -0.163. The predicted octanol–water partition coefficient (Wildman–Crippen LogP) is 4.68. The summed E-state index contributed by atoms with van der Waals surface area (Å²) in [5, 5.41) is 3.76. The summed E-state index contributed by atoms with van der Waals surface area (Å²) in [5.74, 6) is 1.02. The first-order chi connectivity index (χ1) is 9.41. The highest BCUT2D eigenvalue weighted by molar-refractivity contribution is 6.30. The highest BCUT2D eigenvalue weighted by Gasteiger charge is 2.34. The molecule has 0 aliphatic heterocycles. The van der Waals surface area contributed by atoms with E-state index in [0.717, 1.165) is 18.5 Å². The van der Waals surface area contributed by atoms with Gasteiger partial charge in [0, 0.05) is 5.02 Å². The van der Waals surface area contributed by atoms with Gasteiger partial charge in [0.25, 0.3) is 0 Å². The average molecular weight is 298 g/mol. The monoisotopic (exact) mass is 297 g/mol. The molecule has 1 fully saturated rings. The molecule has 1 aliphatic rings. The fourth-order valence-electron chi connectivity index (χ4n) is 3.53. The van der Waals surface area contributed by atoms with Crippen molar-refractivity contribution in [2.45, 2.75) is 39.5 Å². The highest BCUT2D eigenvalue weighted by atomic mass is 35.5. The van der Waals surface area contributed by atoms with Gasteiger partial charge in [-0.1, -0.05) is 31.5 Å². The van der Waals surface area contributed by atoms with Crippen molar-refractivity contribution in [2.75, 3.05) is 13.6 Å². The standard InChI is InChI=1S/C17H25ClFN/c1-17(2)7-6-13(11-20-3)14(10-17)8-12-4-5-15(18)9-16(12)19/h4-5,9,13-14,20H,6-8,10-11H2,1-3H3. The highest BCUT2D eigenvalue weighted by Crippen LogP contribution is 2.43. The van der Waals surface area contributed by atoms with E-state index in [-0.39, 0.29) is 5.82 Å². The van der Waals surface area contributed by atoms with E-state index in [0.29, 0.717) is 22.3 Å². The van der Waals surface area contributed by atoms with Crippen molar-refractivity contribution in [3.63, 3.8) is 0 Å². The van der Waals surface area contributed by atoms with Gasteiger partial charge in [-0.05, 0) is 74.2 Å². The third-order valence-corrected chi connectivity index (χ3v) is 4.87. The average Bonchev–Trinajstić information content (AvgIpc) is 2.36.